The van der Waals surface area contributed by atoms with Gasteiger partial charge in [-0.1, -0.05) is 25.5 Å². The fraction of sp³-hybridized carbons (Fsp3) is 0.571. The van der Waals surface area contributed by atoms with Gasteiger partial charge in [-0.15, -0.1) is 0 Å². The minimum atomic E-state index is -0.292. The van der Waals surface area contributed by atoms with Crippen LogP contribution in [-0.2, 0) is 6.42 Å². The Hall–Kier alpha value is -1.02. The van der Waals surface area contributed by atoms with E-state index in [0.717, 1.165) is 37.9 Å². The monoisotopic (exact) mass is 220 g/mol. The molecule has 0 amide bonds. The fourth-order valence-electron chi connectivity index (χ4n) is 2.19. The maximum Gasteiger partial charge on any atom is 0.124 e. The minimum Gasteiger partial charge on any atom is -0.488 e. The second-order valence-electron chi connectivity index (χ2n) is 4.51. The van der Waals surface area contributed by atoms with E-state index in [9.17, 15) is 5.11 Å². The first-order chi connectivity index (χ1) is 7.79. The summed E-state index contributed by atoms with van der Waals surface area (Å²) in [7, 11) is 0. The van der Waals surface area contributed by atoms with Gasteiger partial charge >= 0.3 is 0 Å². The molecule has 1 aliphatic rings. The van der Waals surface area contributed by atoms with Crippen molar-refractivity contribution in [3.05, 3.63) is 29.8 Å². The van der Waals surface area contributed by atoms with Gasteiger partial charge in [0.05, 0.1) is 6.10 Å². The van der Waals surface area contributed by atoms with Crippen LogP contribution in [0.25, 0.3) is 0 Å². The van der Waals surface area contributed by atoms with E-state index in [-0.39, 0.29) is 12.2 Å². The Bertz CT molecular complexity index is 318. The third kappa shape index (κ3) is 2.76. The Morgan fingerprint density at radius 2 is 1.88 bits per heavy atom. The predicted octanol–water partition coefficient (Wildman–Crippen LogP) is 2.93. The number of aryl methyl sites for hydroxylation is 1. The number of benzene rings is 1. The highest BCUT2D eigenvalue weighted by molar-refractivity contribution is 5.27. The molecule has 16 heavy (non-hydrogen) atoms. The second kappa shape index (κ2) is 5.35. The lowest BCUT2D eigenvalue weighted by atomic mass is 9.95. The van der Waals surface area contributed by atoms with Crippen LogP contribution in [0.2, 0.25) is 0 Å². The Kier molecular flexibility index (Phi) is 3.83. The molecule has 1 saturated carbocycles. The van der Waals surface area contributed by atoms with Crippen LogP contribution in [0.15, 0.2) is 24.3 Å². The molecule has 88 valence electrons. The molecular weight excluding hydrogens is 200 g/mol. The number of hydrogen-bond donors (Lipinski definition) is 1. The molecule has 0 heterocycles. The lowest BCUT2D eigenvalue weighted by Crippen LogP contribution is -2.34. The van der Waals surface area contributed by atoms with E-state index < -0.39 is 0 Å². The Morgan fingerprint density at radius 3 is 2.50 bits per heavy atom. The van der Waals surface area contributed by atoms with Crippen molar-refractivity contribution in [3.8, 4) is 5.75 Å². The van der Waals surface area contributed by atoms with E-state index in [1.54, 1.807) is 0 Å². The maximum absolute atomic E-state index is 9.81. The number of ether oxygens (including phenoxy) is 1. The Labute approximate surface area is 97.3 Å². The number of aliphatic hydroxyl groups excluding tert-OH is 1. The second-order valence-corrected chi connectivity index (χ2v) is 4.51. The first-order valence-electron chi connectivity index (χ1n) is 6.23. The van der Waals surface area contributed by atoms with Gasteiger partial charge in [-0.2, -0.15) is 0 Å². The topological polar surface area (TPSA) is 29.5 Å². The molecule has 0 spiro atoms. The molecule has 1 aromatic rings. The largest absolute Gasteiger partial charge is 0.488 e. The molecule has 0 aromatic heterocycles. The molecule has 2 heteroatoms. The predicted molar refractivity (Wildman–Crippen MR) is 64.7 cm³/mol. The summed E-state index contributed by atoms with van der Waals surface area (Å²) >= 11 is 0. The van der Waals surface area contributed by atoms with Crippen molar-refractivity contribution in [2.45, 2.75) is 51.2 Å². The zero-order chi connectivity index (χ0) is 11.4. The molecule has 0 saturated heterocycles. The van der Waals surface area contributed by atoms with Crippen molar-refractivity contribution < 1.29 is 9.84 Å². The van der Waals surface area contributed by atoms with Crippen molar-refractivity contribution in [1.29, 1.82) is 0 Å². The highest BCUT2D eigenvalue weighted by Crippen LogP contribution is 2.24. The molecule has 0 radical (unpaired) electrons. The normalized spacial score (nSPS) is 25.4. The Balaban J connectivity index is 1.96. The van der Waals surface area contributed by atoms with Gasteiger partial charge in [0.25, 0.3) is 0 Å². The summed E-state index contributed by atoms with van der Waals surface area (Å²) in [5, 5.41) is 9.81. The van der Waals surface area contributed by atoms with Gasteiger partial charge < -0.3 is 9.84 Å². The van der Waals surface area contributed by atoms with Crippen LogP contribution < -0.4 is 4.74 Å². The molecule has 2 rings (SSSR count). The average molecular weight is 220 g/mol. The summed E-state index contributed by atoms with van der Waals surface area (Å²) in [5.41, 5.74) is 1.32. The van der Waals surface area contributed by atoms with Gasteiger partial charge in [-0.3, -0.25) is 0 Å². The van der Waals surface area contributed by atoms with Crippen molar-refractivity contribution >= 4 is 0 Å². The molecule has 1 aliphatic carbocycles. The number of aliphatic hydroxyl groups is 1. The first kappa shape index (κ1) is 11.5. The smallest absolute Gasteiger partial charge is 0.124 e. The molecule has 2 atom stereocenters. The standard InChI is InChI=1S/C14H20O2/c1-2-11-7-9-12(10-8-11)16-14-6-4-3-5-13(14)15/h7-10,13-15H,2-6H2,1H3/t13-,14-/m0/s1. The van der Waals surface area contributed by atoms with Crippen LogP contribution in [0.5, 0.6) is 5.75 Å². The van der Waals surface area contributed by atoms with Gasteiger partial charge in [0.1, 0.15) is 11.9 Å². The van der Waals surface area contributed by atoms with E-state index in [1.165, 1.54) is 5.56 Å². The van der Waals surface area contributed by atoms with E-state index in [2.05, 4.69) is 19.1 Å². The van der Waals surface area contributed by atoms with E-state index in [0.29, 0.717) is 0 Å². The highest BCUT2D eigenvalue weighted by atomic mass is 16.5. The molecule has 1 fully saturated rings. The summed E-state index contributed by atoms with van der Waals surface area (Å²) in [6.45, 7) is 2.14. The van der Waals surface area contributed by atoms with E-state index >= 15 is 0 Å². The molecule has 1 aromatic carbocycles. The Morgan fingerprint density at radius 1 is 1.19 bits per heavy atom. The molecule has 0 aliphatic heterocycles. The van der Waals surface area contributed by atoms with E-state index in [4.69, 9.17) is 4.74 Å². The zero-order valence-corrected chi connectivity index (χ0v) is 9.86. The molecule has 0 bridgehead atoms. The number of rotatable bonds is 3. The van der Waals surface area contributed by atoms with Crippen LogP contribution >= 0.6 is 0 Å². The van der Waals surface area contributed by atoms with Crippen LogP contribution in [0.4, 0.5) is 0 Å². The number of hydrogen-bond acceptors (Lipinski definition) is 2. The van der Waals surface area contributed by atoms with Crippen LogP contribution in [0, 0.1) is 0 Å². The van der Waals surface area contributed by atoms with Crippen molar-refractivity contribution in [3.63, 3.8) is 0 Å². The third-order valence-corrected chi connectivity index (χ3v) is 3.29. The van der Waals surface area contributed by atoms with E-state index in [1.807, 2.05) is 12.1 Å². The van der Waals surface area contributed by atoms with Gasteiger partial charge in [0.2, 0.25) is 0 Å². The molecule has 2 nitrogen and oxygen atoms in total. The van der Waals surface area contributed by atoms with Gasteiger partial charge in [-0.05, 0) is 43.4 Å². The molecular formula is C14H20O2. The maximum atomic E-state index is 9.81. The summed E-state index contributed by atoms with van der Waals surface area (Å²) < 4.78 is 5.82. The third-order valence-electron chi connectivity index (χ3n) is 3.29. The fourth-order valence-corrected chi connectivity index (χ4v) is 2.19. The van der Waals surface area contributed by atoms with Crippen molar-refractivity contribution in [1.82, 2.24) is 0 Å². The van der Waals surface area contributed by atoms with Gasteiger partial charge in [0.15, 0.2) is 0 Å². The summed E-state index contributed by atoms with van der Waals surface area (Å²) in [6.07, 6.45) is 4.87. The quantitative estimate of drug-likeness (QED) is 0.848. The minimum absolute atomic E-state index is 0.0128. The SMILES string of the molecule is CCc1ccc(O[C@H]2CCCC[C@@H]2O)cc1. The lowest BCUT2D eigenvalue weighted by molar-refractivity contribution is 0.00687. The van der Waals surface area contributed by atoms with Gasteiger partial charge in [0, 0.05) is 0 Å². The average Bonchev–Trinajstić information content (AvgIpc) is 2.33. The highest BCUT2D eigenvalue weighted by Gasteiger charge is 2.24. The van der Waals surface area contributed by atoms with Crippen LogP contribution in [0.3, 0.4) is 0 Å². The van der Waals surface area contributed by atoms with Gasteiger partial charge in [-0.25, -0.2) is 0 Å². The summed E-state index contributed by atoms with van der Waals surface area (Å²) in [5.74, 6) is 0.878. The van der Waals surface area contributed by atoms with Crippen LogP contribution in [0.1, 0.15) is 38.2 Å². The molecule has 1 N–H and O–H groups in total. The zero-order valence-electron chi connectivity index (χ0n) is 9.86. The lowest BCUT2D eigenvalue weighted by Gasteiger charge is -2.28. The van der Waals surface area contributed by atoms with Crippen molar-refractivity contribution in [2.24, 2.45) is 0 Å². The van der Waals surface area contributed by atoms with Crippen LogP contribution in [-0.4, -0.2) is 17.3 Å². The summed E-state index contributed by atoms with van der Waals surface area (Å²) in [6, 6.07) is 8.18. The first-order valence-corrected chi connectivity index (χ1v) is 6.23. The molecule has 0 unspecified atom stereocenters. The summed E-state index contributed by atoms with van der Waals surface area (Å²) in [4.78, 5) is 0. The van der Waals surface area contributed by atoms with Crippen molar-refractivity contribution in [2.75, 3.05) is 0 Å².